The highest BCUT2D eigenvalue weighted by atomic mass is 35.5. The zero-order valence-electron chi connectivity index (χ0n) is 16.0. The lowest BCUT2D eigenvalue weighted by molar-refractivity contribution is -0.142. The molecule has 1 saturated heterocycles. The molecule has 29 heavy (non-hydrogen) atoms. The molecule has 0 N–H and O–H groups in total. The lowest BCUT2D eigenvalue weighted by atomic mass is 10.2. The Bertz CT molecular complexity index is 892. The summed E-state index contributed by atoms with van der Waals surface area (Å²) in [6.07, 6.45) is -4.66. The summed E-state index contributed by atoms with van der Waals surface area (Å²) in [5.41, 5.74) is 0.0502. The van der Waals surface area contributed by atoms with E-state index in [1.807, 2.05) is 24.3 Å². The van der Waals surface area contributed by atoms with Crippen LogP contribution in [0.1, 0.15) is 29.9 Å². The van der Waals surface area contributed by atoms with E-state index < -0.39 is 22.9 Å². The monoisotopic (exact) mass is 448 g/mol. The van der Waals surface area contributed by atoms with Crippen LogP contribution in [0.3, 0.4) is 0 Å². The molecule has 0 aliphatic carbocycles. The first-order valence-electron chi connectivity index (χ1n) is 9.15. The van der Waals surface area contributed by atoms with E-state index in [9.17, 15) is 18.0 Å². The predicted molar refractivity (Wildman–Crippen MR) is 105 cm³/mol. The van der Waals surface area contributed by atoms with E-state index in [1.165, 1.54) is 13.8 Å². The summed E-state index contributed by atoms with van der Waals surface area (Å²) in [6, 6.07) is 6.74. The van der Waals surface area contributed by atoms with Crippen molar-refractivity contribution in [3.05, 3.63) is 51.3 Å². The Morgan fingerprint density at radius 3 is 2.41 bits per heavy atom. The maximum absolute atomic E-state index is 13.0. The zero-order chi connectivity index (χ0) is 21.3. The molecular weight excluding hydrogens is 428 g/mol. The lowest BCUT2D eigenvalue weighted by Gasteiger charge is -2.36. The van der Waals surface area contributed by atoms with Gasteiger partial charge in [0, 0.05) is 37.7 Å². The van der Waals surface area contributed by atoms with Crippen molar-refractivity contribution in [2.75, 3.05) is 26.2 Å². The molecule has 1 aromatic carbocycles. The second kappa shape index (κ2) is 8.53. The maximum atomic E-state index is 13.0. The molecule has 5 nitrogen and oxygen atoms in total. The number of benzene rings is 1. The first-order valence-corrected chi connectivity index (χ1v) is 9.91. The van der Waals surface area contributed by atoms with Gasteiger partial charge in [-0.25, -0.2) is 0 Å². The van der Waals surface area contributed by atoms with E-state index in [4.69, 9.17) is 23.2 Å². The summed E-state index contributed by atoms with van der Waals surface area (Å²) in [5.74, 6) is -0.275. The Morgan fingerprint density at radius 1 is 1.21 bits per heavy atom. The molecule has 1 fully saturated rings. The van der Waals surface area contributed by atoms with Crippen LogP contribution >= 0.6 is 23.2 Å². The second-order valence-electron chi connectivity index (χ2n) is 7.10. The Hall–Kier alpha value is -1.77. The molecule has 1 aromatic heterocycles. The van der Waals surface area contributed by atoms with E-state index >= 15 is 0 Å². The molecule has 1 amide bonds. The first-order chi connectivity index (χ1) is 13.6. The molecule has 10 heteroatoms. The zero-order valence-corrected chi connectivity index (χ0v) is 17.5. The molecule has 1 aliphatic rings. The van der Waals surface area contributed by atoms with Crippen molar-refractivity contribution in [3.8, 4) is 0 Å². The Morgan fingerprint density at radius 2 is 1.86 bits per heavy atom. The number of rotatable bonds is 4. The van der Waals surface area contributed by atoms with Crippen LogP contribution in [0.4, 0.5) is 13.2 Å². The average molecular weight is 449 g/mol. The normalized spacial score (nSPS) is 16.9. The van der Waals surface area contributed by atoms with Crippen LogP contribution in [0.25, 0.3) is 0 Å². The van der Waals surface area contributed by atoms with Crippen LogP contribution in [0.5, 0.6) is 0 Å². The first kappa shape index (κ1) is 21.9. The lowest BCUT2D eigenvalue weighted by Crippen LogP contribution is -2.50. The summed E-state index contributed by atoms with van der Waals surface area (Å²) in [5, 5.41) is 3.77. The quantitative estimate of drug-likeness (QED) is 0.694. The number of hydrogen-bond acceptors (Lipinski definition) is 3. The summed E-state index contributed by atoms with van der Waals surface area (Å²) in [7, 11) is 0. The summed E-state index contributed by atoms with van der Waals surface area (Å²) >= 11 is 11.8. The van der Waals surface area contributed by atoms with Gasteiger partial charge in [0.1, 0.15) is 6.04 Å². The van der Waals surface area contributed by atoms with Crippen molar-refractivity contribution >= 4 is 29.1 Å². The molecule has 1 atom stereocenters. The topological polar surface area (TPSA) is 41.4 Å². The van der Waals surface area contributed by atoms with Crippen molar-refractivity contribution < 1.29 is 18.0 Å². The number of carbonyl (C=O) groups excluding carboxylic acids is 1. The fraction of sp³-hybridized carbons (Fsp3) is 0.474. The van der Waals surface area contributed by atoms with Gasteiger partial charge in [0.25, 0.3) is 0 Å². The van der Waals surface area contributed by atoms with Crippen LogP contribution in [0, 0.1) is 6.92 Å². The fourth-order valence-corrected chi connectivity index (χ4v) is 3.89. The van der Waals surface area contributed by atoms with Gasteiger partial charge < -0.3 is 4.90 Å². The summed E-state index contributed by atoms with van der Waals surface area (Å²) < 4.78 is 40.2. The maximum Gasteiger partial charge on any atom is 0.436 e. The molecule has 0 saturated carbocycles. The minimum Gasteiger partial charge on any atom is -0.338 e. The molecule has 2 heterocycles. The van der Waals surface area contributed by atoms with Crippen LogP contribution in [0.2, 0.25) is 10.0 Å². The van der Waals surface area contributed by atoms with Gasteiger partial charge >= 0.3 is 6.18 Å². The van der Waals surface area contributed by atoms with Gasteiger partial charge in [0.05, 0.1) is 10.7 Å². The van der Waals surface area contributed by atoms with Crippen LogP contribution in [-0.2, 0) is 17.5 Å². The van der Waals surface area contributed by atoms with Gasteiger partial charge in [-0.05, 0) is 31.5 Å². The summed E-state index contributed by atoms with van der Waals surface area (Å²) in [6.45, 7) is 6.00. The summed E-state index contributed by atoms with van der Waals surface area (Å²) in [4.78, 5) is 16.7. The van der Waals surface area contributed by atoms with E-state index in [2.05, 4.69) is 10.00 Å². The van der Waals surface area contributed by atoms with Gasteiger partial charge in [-0.1, -0.05) is 35.3 Å². The van der Waals surface area contributed by atoms with Crippen LogP contribution in [-0.4, -0.2) is 51.7 Å². The fourth-order valence-electron chi connectivity index (χ4n) is 3.45. The molecule has 2 aromatic rings. The highest BCUT2D eigenvalue weighted by Crippen LogP contribution is 2.36. The largest absolute Gasteiger partial charge is 0.436 e. The van der Waals surface area contributed by atoms with E-state index in [1.54, 1.807) is 4.90 Å². The van der Waals surface area contributed by atoms with Gasteiger partial charge in [0.15, 0.2) is 5.69 Å². The van der Waals surface area contributed by atoms with Gasteiger partial charge in [-0.3, -0.25) is 14.4 Å². The third-order valence-corrected chi connectivity index (χ3v) is 5.74. The second-order valence-corrected chi connectivity index (χ2v) is 7.91. The van der Waals surface area contributed by atoms with Crippen molar-refractivity contribution in [1.29, 1.82) is 0 Å². The van der Waals surface area contributed by atoms with Gasteiger partial charge in [-0.15, -0.1) is 0 Å². The number of hydrogen-bond donors (Lipinski definition) is 0. The number of alkyl halides is 3. The van der Waals surface area contributed by atoms with E-state index in [0.717, 1.165) is 16.8 Å². The Balaban J connectivity index is 1.63. The standard InChI is InChI=1S/C19H21Cl2F3N4O/c1-12-16(21)17(19(22,23)24)25-28(12)13(2)18(29)27-8-6-26(7-9-27)11-14-4-3-5-15(20)10-14/h3-5,10,13H,6-9,11H2,1-2H3. The van der Waals surface area contributed by atoms with Crippen LogP contribution in [0.15, 0.2) is 24.3 Å². The number of nitrogens with zero attached hydrogens (tertiary/aromatic N) is 4. The van der Waals surface area contributed by atoms with Crippen molar-refractivity contribution in [1.82, 2.24) is 19.6 Å². The van der Waals surface area contributed by atoms with Gasteiger partial charge in [0.2, 0.25) is 5.91 Å². The smallest absolute Gasteiger partial charge is 0.338 e. The van der Waals surface area contributed by atoms with Crippen molar-refractivity contribution in [2.45, 2.75) is 32.6 Å². The van der Waals surface area contributed by atoms with Crippen LogP contribution < -0.4 is 0 Å². The molecule has 3 rings (SSSR count). The van der Waals surface area contributed by atoms with Gasteiger partial charge in [-0.2, -0.15) is 18.3 Å². The van der Waals surface area contributed by atoms with E-state index in [0.29, 0.717) is 31.2 Å². The SMILES string of the molecule is Cc1c(Cl)c(C(F)(F)F)nn1C(C)C(=O)N1CCN(Cc2cccc(Cl)c2)CC1. The average Bonchev–Trinajstić information content (AvgIpc) is 2.96. The number of halogens is 5. The Kier molecular flexibility index (Phi) is 6.45. The molecule has 0 bridgehead atoms. The third kappa shape index (κ3) is 4.87. The molecular formula is C19H21Cl2F3N4O. The predicted octanol–water partition coefficient (Wildman–Crippen LogP) is 4.42. The third-order valence-electron chi connectivity index (χ3n) is 5.05. The number of carbonyl (C=O) groups is 1. The van der Waals surface area contributed by atoms with Crippen molar-refractivity contribution in [2.24, 2.45) is 0 Å². The molecule has 1 unspecified atom stereocenters. The highest BCUT2D eigenvalue weighted by Gasteiger charge is 2.39. The number of aromatic nitrogens is 2. The van der Waals surface area contributed by atoms with E-state index in [-0.39, 0.29) is 11.6 Å². The highest BCUT2D eigenvalue weighted by molar-refractivity contribution is 6.32. The molecule has 0 spiro atoms. The molecule has 1 aliphatic heterocycles. The van der Waals surface area contributed by atoms with Crippen molar-refractivity contribution in [3.63, 3.8) is 0 Å². The molecule has 158 valence electrons. The minimum absolute atomic E-state index is 0.124. The number of piperazine rings is 1. The molecule has 0 radical (unpaired) electrons. The Labute approximate surface area is 177 Å². The minimum atomic E-state index is -4.66. The number of amides is 1.